The SMILES string of the molecule is CN=C(NCCc1csc(C)n1)NCc1cccc(CN2CCOCC2)c1. The van der Waals surface area contributed by atoms with Crippen LogP contribution in [0.15, 0.2) is 34.6 Å². The van der Waals surface area contributed by atoms with Gasteiger partial charge in [0.1, 0.15) is 0 Å². The first kappa shape index (κ1) is 19.8. The minimum absolute atomic E-state index is 0.756. The van der Waals surface area contributed by atoms with Gasteiger partial charge in [-0.3, -0.25) is 9.89 Å². The highest BCUT2D eigenvalue weighted by Crippen LogP contribution is 2.10. The van der Waals surface area contributed by atoms with Gasteiger partial charge in [-0.2, -0.15) is 0 Å². The van der Waals surface area contributed by atoms with E-state index in [-0.39, 0.29) is 0 Å². The number of aryl methyl sites for hydroxylation is 1. The number of thiazole rings is 1. The van der Waals surface area contributed by atoms with Crippen LogP contribution in [-0.2, 0) is 24.2 Å². The Balaban J connectivity index is 1.44. The molecule has 0 spiro atoms. The van der Waals surface area contributed by atoms with Crippen molar-refractivity contribution in [2.75, 3.05) is 39.9 Å². The molecule has 1 saturated heterocycles. The summed E-state index contributed by atoms with van der Waals surface area (Å²) in [5, 5.41) is 9.99. The average molecular weight is 388 g/mol. The molecular weight excluding hydrogens is 358 g/mol. The zero-order valence-electron chi connectivity index (χ0n) is 16.2. The third kappa shape index (κ3) is 6.61. The van der Waals surface area contributed by atoms with Gasteiger partial charge in [-0.25, -0.2) is 4.98 Å². The topological polar surface area (TPSA) is 61.8 Å². The summed E-state index contributed by atoms with van der Waals surface area (Å²) in [5.74, 6) is 0.820. The Morgan fingerprint density at radius 3 is 2.81 bits per heavy atom. The quantitative estimate of drug-likeness (QED) is 0.563. The molecule has 2 aromatic rings. The van der Waals surface area contributed by atoms with Crippen LogP contribution in [0.1, 0.15) is 21.8 Å². The van der Waals surface area contributed by atoms with Gasteiger partial charge in [0.15, 0.2) is 5.96 Å². The monoisotopic (exact) mass is 387 g/mol. The van der Waals surface area contributed by atoms with Gasteiger partial charge in [0, 0.05) is 51.6 Å². The molecule has 0 unspecified atom stereocenters. The van der Waals surface area contributed by atoms with E-state index in [1.165, 1.54) is 11.1 Å². The van der Waals surface area contributed by atoms with E-state index >= 15 is 0 Å². The van der Waals surface area contributed by atoms with Crippen LogP contribution < -0.4 is 10.6 Å². The molecule has 27 heavy (non-hydrogen) atoms. The Bertz CT molecular complexity index is 739. The lowest BCUT2D eigenvalue weighted by atomic mass is 10.1. The van der Waals surface area contributed by atoms with Crippen molar-refractivity contribution in [3.63, 3.8) is 0 Å². The Morgan fingerprint density at radius 1 is 1.26 bits per heavy atom. The average Bonchev–Trinajstić information content (AvgIpc) is 3.11. The predicted molar refractivity (Wildman–Crippen MR) is 111 cm³/mol. The summed E-state index contributed by atoms with van der Waals surface area (Å²) in [7, 11) is 1.80. The van der Waals surface area contributed by atoms with Crippen LogP contribution >= 0.6 is 11.3 Å². The first-order chi connectivity index (χ1) is 13.2. The molecule has 146 valence electrons. The second-order valence-corrected chi connectivity index (χ2v) is 7.73. The van der Waals surface area contributed by atoms with Gasteiger partial charge < -0.3 is 15.4 Å². The molecule has 1 fully saturated rings. The Labute approximate surface area is 165 Å². The second kappa shape index (κ2) is 10.4. The van der Waals surface area contributed by atoms with Crippen molar-refractivity contribution in [1.29, 1.82) is 0 Å². The van der Waals surface area contributed by atoms with Crippen LogP contribution in [0.25, 0.3) is 0 Å². The Hall–Kier alpha value is -1.96. The number of nitrogens with one attached hydrogen (secondary N) is 2. The number of aliphatic imine (C=N–C) groups is 1. The number of nitrogens with zero attached hydrogens (tertiary/aromatic N) is 3. The van der Waals surface area contributed by atoms with Crippen molar-refractivity contribution >= 4 is 17.3 Å². The standard InChI is InChI=1S/C20H29N5OS/c1-16-24-19(15-27-16)6-7-22-20(21-2)23-13-17-4-3-5-18(12-17)14-25-8-10-26-11-9-25/h3-5,12,15H,6-11,13-14H2,1-2H3,(H2,21,22,23). The molecule has 6 nitrogen and oxygen atoms in total. The molecule has 1 aromatic carbocycles. The molecule has 0 saturated carbocycles. The highest BCUT2D eigenvalue weighted by molar-refractivity contribution is 7.09. The van der Waals surface area contributed by atoms with Gasteiger partial charge in [-0.05, 0) is 18.1 Å². The van der Waals surface area contributed by atoms with Crippen LogP contribution in [0.3, 0.4) is 0 Å². The van der Waals surface area contributed by atoms with Crippen molar-refractivity contribution in [3.05, 3.63) is 51.5 Å². The number of aromatic nitrogens is 1. The van der Waals surface area contributed by atoms with E-state index < -0.39 is 0 Å². The minimum atomic E-state index is 0.756. The first-order valence-corrected chi connectivity index (χ1v) is 10.3. The van der Waals surface area contributed by atoms with E-state index in [0.717, 1.165) is 69.0 Å². The Kier molecular flexibility index (Phi) is 7.62. The highest BCUT2D eigenvalue weighted by Gasteiger charge is 2.10. The van der Waals surface area contributed by atoms with Crippen LogP contribution in [-0.4, -0.2) is 55.7 Å². The van der Waals surface area contributed by atoms with E-state index in [1.807, 2.05) is 6.92 Å². The zero-order chi connectivity index (χ0) is 18.9. The van der Waals surface area contributed by atoms with E-state index in [1.54, 1.807) is 18.4 Å². The molecular formula is C20H29N5OS. The van der Waals surface area contributed by atoms with Crippen LogP contribution in [0, 0.1) is 6.92 Å². The smallest absolute Gasteiger partial charge is 0.191 e. The van der Waals surface area contributed by atoms with Gasteiger partial charge in [0.05, 0.1) is 23.9 Å². The van der Waals surface area contributed by atoms with Crippen molar-refractivity contribution < 1.29 is 4.74 Å². The number of hydrogen-bond acceptors (Lipinski definition) is 5. The van der Waals surface area contributed by atoms with Crippen molar-refractivity contribution in [2.45, 2.75) is 26.4 Å². The lowest BCUT2D eigenvalue weighted by molar-refractivity contribution is 0.0342. The largest absolute Gasteiger partial charge is 0.379 e. The third-order valence-electron chi connectivity index (χ3n) is 4.53. The fourth-order valence-electron chi connectivity index (χ4n) is 3.09. The number of rotatable bonds is 7. The highest BCUT2D eigenvalue weighted by atomic mass is 32.1. The molecule has 0 amide bonds. The van der Waals surface area contributed by atoms with E-state index in [4.69, 9.17) is 4.74 Å². The molecule has 1 aliphatic rings. The fourth-order valence-corrected chi connectivity index (χ4v) is 3.74. The van der Waals surface area contributed by atoms with E-state index in [2.05, 4.69) is 55.2 Å². The maximum Gasteiger partial charge on any atom is 0.191 e. The molecule has 0 atom stereocenters. The number of ether oxygens (including phenoxy) is 1. The molecule has 2 N–H and O–H groups in total. The number of benzene rings is 1. The van der Waals surface area contributed by atoms with Gasteiger partial charge >= 0.3 is 0 Å². The molecule has 0 aliphatic carbocycles. The minimum Gasteiger partial charge on any atom is -0.379 e. The third-order valence-corrected chi connectivity index (χ3v) is 5.35. The summed E-state index contributed by atoms with van der Waals surface area (Å²) in [4.78, 5) is 11.2. The maximum absolute atomic E-state index is 5.42. The number of guanidine groups is 1. The maximum atomic E-state index is 5.42. The Morgan fingerprint density at radius 2 is 2.07 bits per heavy atom. The van der Waals surface area contributed by atoms with Crippen molar-refractivity contribution in [1.82, 2.24) is 20.5 Å². The van der Waals surface area contributed by atoms with Crippen molar-refractivity contribution in [2.24, 2.45) is 4.99 Å². The second-order valence-electron chi connectivity index (χ2n) is 6.67. The summed E-state index contributed by atoms with van der Waals surface area (Å²) in [6.07, 6.45) is 0.903. The predicted octanol–water partition coefficient (Wildman–Crippen LogP) is 2.19. The first-order valence-electron chi connectivity index (χ1n) is 9.46. The van der Waals surface area contributed by atoms with Gasteiger partial charge in [0.25, 0.3) is 0 Å². The molecule has 1 aliphatic heterocycles. The summed E-state index contributed by atoms with van der Waals surface area (Å²) >= 11 is 1.70. The van der Waals surface area contributed by atoms with E-state index in [0.29, 0.717) is 0 Å². The molecule has 1 aromatic heterocycles. The molecule has 0 radical (unpaired) electrons. The summed E-state index contributed by atoms with van der Waals surface area (Å²) in [6.45, 7) is 8.29. The van der Waals surface area contributed by atoms with Crippen molar-refractivity contribution in [3.8, 4) is 0 Å². The summed E-state index contributed by atoms with van der Waals surface area (Å²) in [6, 6.07) is 8.75. The van der Waals surface area contributed by atoms with Crippen LogP contribution in [0.5, 0.6) is 0 Å². The van der Waals surface area contributed by atoms with Crippen LogP contribution in [0.4, 0.5) is 0 Å². The lowest BCUT2D eigenvalue weighted by Gasteiger charge is -2.26. The van der Waals surface area contributed by atoms with E-state index in [9.17, 15) is 0 Å². The van der Waals surface area contributed by atoms with Gasteiger partial charge in [-0.15, -0.1) is 11.3 Å². The van der Waals surface area contributed by atoms with Gasteiger partial charge in [-0.1, -0.05) is 24.3 Å². The molecule has 3 rings (SSSR count). The molecule has 2 heterocycles. The molecule has 7 heteroatoms. The summed E-state index contributed by atoms with van der Waals surface area (Å²) < 4.78 is 5.42. The zero-order valence-corrected chi connectivity index (χ0v) is 17.0. The van der Waals surface area contributed by atoms with Crippen LogP contribution in [0.2, 0.25) is 0 Å². The normalized spacial score (nSPS) is 15.7. The number of morpholine rings is 1. The lowest BCUT2D eigenvalue weighted by Crippen LogP contribution is -2.38. The van der Waals surface area contributed by atoms with Gasteiger partial charge in [0.2, 0.25) is 0 Å². The fraction of sp³-hybridized carbons (Fsp3) is 0.500. The molecule has 0 bridgehead atoms. The summed E-state index contributed by atoms with van der Waals surface area (Å²) in [5.41, 5.74) is 3.74. The number of hydrogen-bond donors (Lipinski definition) is 2.